The third kappa shape index (κ3) is 2.95. The highest BCUT2D eigenvalue weighted by molar-refractivity contribution is 6.10. The molecular formula is C16H17FN4O2. The maximum Gasteiger partial charge on any atom is 0.268 e. The van der Waals surface area contributed by atoms with Gasteiger partial charge in [-0.05, 0) is 30.2 Å². The molecule has 0 atom stereocenters. The van der Waals surface area contributed by atoms with Gasteiger partial charge >= 0.3 is 0 Å². The Bertz CT molecular complexity index is 810. The lowest BCUT2D eigenvalue weighted by Gasteiger charge is -2.06. The van der Waals surface area contributed by atoms with Gasteiger partial charge < -0.3 is 21.4 Å². The molecule has 0 fully saturated rings. The van der Waals surface area contributed by atoms with Crippen molar-refractivity contribution in [3.05, 3.63) is 41.3 Å². The fraction of sp³-hybridized carbons (Fsp3) is 0.250. The highest BCUT2D eigenvalue weighted by atomic mass is 19.1. The first-order valence-corrected chi connectivity index (χ1v) is 7.38. The van der Waals surface area contributed by atoms with Crippen LogP contribution >= 0.6 is 0 Å². The van der Waals surface area contributed by atoms with Gasteiger partial charge in [-0.25, -0.2) is 4.39 Å². The van der Waals surface area contributed by atoms with E-state index in [2.05, 4.69) is 15.6 Å². The Balaban J connectivity index is 2.13. The molecule has 5 N–H and O–H groups in total. The molecule has 1 aromatic carbocycles. The quantitative estimate of drug-likeness (QED) is 0.633. The summed E-state index contributed by atoms with van der Waals surface area (Å²) in [5, 5.41) is 6.02. The lowest BCUT2D eigenvalue weighted by molar-refractivity contribution is -0.116. The van der Waals surface area contributed by atoms with Crippen molar-refractivity contribution in [2.45, 2.75) is 6.42 Å². The van der Waals surface area contributed by atoms with E-state index < -0.39 is 5.82 Å². The van der Waals surface area contributed by atoms with E-state index in [4.69, 9.17) is 5.73 Å². The number of hydrogen-bond acceptors (Lipinski definition) is 3. The van der Waals surface area contributed by atoms with Crippen LogP contribution in [0.3, 0.4) is 0 Å². The summed E-state index contributed by atoms with van der Waals surface area (Å²) in [6.07, 6.45) is 1.94. The summed E-state index contributed by atoms with van der Waals surface area (Å²) in [6, 6.07) is 4.28. The fourth-order valence-electron chi connectivity index (χ4n) is 2.74. The molecule has 0 spiro atoms. The van der Waals surface area contributed by atoms with Crippen molar-refractivity contribution in [1.29, 1.82) is 0 Å². The number of carbonyl (C=O) groups excluding carboxylic acids is 2. The molecule has 0 saturated carbocycles. The zero-order valence-corrected chi connectivity index (χ0v) is 12.4. The number of fused-ring (bicyclic) bond motifs is 3. The average molecular weight is 316 g/mol. The summed E-state index contributed by atoms with van der Waals surface area (Å²) in [7, 11) is 0. The zero-order valence-electron chi connectivity index (χ0n) is 12.4. The van der Waals surface area contributed by atoms with Crippen LogP contribution in [0.5, 0.6) is 0 Å². The third-order valence-corrected chi connectivity index (χ3v) is 3.74. The predicted molar refractivity (Wildman–Crippen MR) is 85.2 cm³/mol. The molecule has 2 heterocycles. The standard InChI is InChI=1S/C16H17FN4O2/c17-10-1-2-12-11(8-10)14-9(7-13(22)19-6-4-18)3-5-20-16(23)15(14)21-12/h1-2,7-8,21H,3-6,18H2,(H,19,22)(H,20,23). The molecule has 7 heteroatoms. The predicted octanol–water partition coefficient (Wildman–Crippen LogP) is 0.899. The van der Waals surface area contributed by atoms with Crippen LogP contribution in [0.4, 0.5) is 4.39 Å². The first-order chi connectivity index (χ1) is 11.1. The number of carbonyl (C=O) groups is 2. The molecule has 2 amide bonds. The van der Waals surface area contributed by atoms with Crippen LogP contribution in [0.1, 0.15) is 22.5 Å². The van der Waals surface area contributed by atoms with E-state index >= 15 is 0 Å². The highest BCUT2D eigenvalue weighted by Gasteiger charge is 2.24. The molecule has 6 nitrogen and oxygen atoms in total. The van der Waals surface area contributed by atoms with Gasteiger partial charge in [0.1, 0.15) is 11.5 Å². The molecule has 23 heavy (non-hydrogen) atoms. The number of aromatic amines is 1. The minimum absolute atomic E-state index is 0.262. The first-order valence-electron chi connectivity index (χ1n) is 7.38. The van der Waals surface area contributed by atoms with Gasteiger partial charge in [-0.15, -0.1) is 0 Å². The molecule has 1 aliphatic heterocycles. The zero-order chi connectivity index (χ0) is 16.4. The summed E-state index contributed by atoms with van der Waals surface area (Å²) >= 11 is 0. The van der Waals surface area contributed by atoms with Crippen molar-refractivity contribution in [2.24, 2.45) is 5.73 Å². The molecular weight excluding hydrogens is 299 g/mol. The van der Waals surface area contributed by atoms with Crippen LogP contribution in [0.15, 0.2) is 24.3 Å². The first kappa shape index (κ1) is 15.2. The summed E-state index contributed by atoms with van der Waals surface area (Å²) < 4.78 is 13.6. The topological polar surface area (TPSA) is 100 Å². The van der Waals surface area contributed by atoms with Crippen molar-refractivity contribution >= 4 is 28.3 Å². The number of benzene rings is 1. The molecule has 0 aliphatic carbocycles. The van der Waals surface area contributed by atoms with Gasteiger partial charge in [0, 0.05) is 42.2 Å². The summed E-state index contributed by atoms with van der Waals surface area (Å²) in [5.41, 5.74) is 7.64. The van der Waals surface area contributed by atoms with Crippen molar-refractivity contribution in [2.75, 3.05) is 19.6 Å². The van der Waals surface area contributed by atoms with Gasteiger partial charge in [0.2, 0.25) is 5.91 Å². The number of halogens is 1. The number of amides is 2. The molecule has 0 unspecified atom stereocenters. The number of rotatable bonds is 3. The molecule has 2 aromatic rings. The smallest absolute Gasteiger partial charge is 0.268 e. The Morgan fingerprint density at radius 2 is 2.26 bits per heavy atom. The van der Waals surface area contributed by atoms with Crippen molar-refractivity contribution in [3.63, 3.8) is 0 Å². The van der Waals surface area contributed by atoms with Crippen LogP contribution in [-0.4, -0.2) is 36.4 Å². The van der Waals surface area contributed by atoms with Crippen LogP contribution in [0.25, 0.3) is 16.5 Å². The van der Waals surface area contributed by atoms with Gasteiger partial charge in [0.05, 0.1) is 0 Å². The number of nitrogens with two attached hydrogens (primary N) is 1. The maximum absolute atomic E-state index is 13.6. The second-order valence-electron chi connectivity index (χ2n) is 5.32. The number of nitrogens with one attached hydrogen (secondary N) is 3. The summed E-state index contributed by atoms with van der Waals surface area (Å²) in [6.45, 7) is 1.13. The van der Waals surface area contributed by atoms with Gasteiger partial charge in [-0.2, -0.15) is 0 Å². The molecule has 0 bridgehead atoms. The minimum atomic E-state index is -0.393. The van der Waals surface area contributed by atoms with Crippen LogP contribution < -0.4 is 16.4 Å². The van der Waals surface area contributed by atoms with Gasteiger partial charge in [0.25, 0.3) is 5.91 Å². The SMILES string of the molecule is NCCNC(=O)C=C1CCNC(=O)c2[nH]c3ccc(F)cc3c21. The van der Waals surface area contributed by atoms with Gasteiger partial charge in [-0.1, -0.05) is 0 Å². The van der Waals surface area contributed by atoms with E-state index in [0.29, 0.717) is 53.8 Å². The van der Waals surface area contributed by atoms with E-state index in [0.717, 1.165) is 0 Å². The second-order valence-corrected chi connectivity index (χ2v) is 5.32. The van der Waals surface area contributed by atoms with E-state index in [1.807, 2.05) is 0 Å². The Morgan fingerprint density at radius 1 is 1.43 bits per heavy atom. The van der Waals surface area contributed by atoms with Crippen LogP contribution in [0, 0.1) is 5.82 Å². The summed E-state index contributed by atoms with van der Waals surface area (Å²) in [4.78, 5) is 27.2. The largest absolute Gasteiger partial charge is 0.351 e. The van der Waals surface area contributed by atoms with Crippen molar-refractivity contribution in [3.8, 4) is 0 Å². The van der Waals surface area contributed by atoms with Crippen LogP contribution in [-0.2, 0) is 4.79 Å². The highest BCUT2D eigenvalue weighted by Crippen LogP contribution is 2.32. The Hall–Kier alpha value is -2.67. The number of aromatic nitrogens is 1. The van der Waals surface area contributed by atoms with Crippen LogP contribution in [0.2, 0.25) is 0 Å². The van der Waals surface area contributed by atoms with E-state index in [-0.39, 0.29) is 11.8 Å². The number of H-pyrrole nitrogens is 1. The monoisotopic (exact) mass is 316 g/mol. The fourth-order valence-corrected chi connectivity index (χ4v) is 2.74. The van der Waals surface area contributed by atoms with E-state index in [9.17, 15) is 14.0 Å². The van der Waals surface area contributed by atoms with E-state index in [1.165, 1.54) is 18.2 Å². The van der Waals surface area contributed by atoms with Crippen molar-refractivity contribution < 1.29 is 14.0 Å². The Kier molecular flexibility index (Phi) is 4.12. The van der Waals surface area contributed by atoms with Gasteiger partial charge in [0.15, 0.2) is 0 Å². The molecule has 120 valence electrons. The Labute approximate surface area is 131 Å². The summed E-state index contributed by atoms with van der Waals surface area (Å²) in [5.74, 6) is -0.935. The molecule has 1 aromatic heterocycles. The van der Waals surface area contributed by atoms with Gasteiger partial charge in [-0.3, -0.25) is 9.59 Å². The third-order valence-electron chi connectivity index (χ3n) is 3.74. The molecule has 0 radical (unpaired) electrons. The minimum Gasteiger partial charge on any atom is -0.351 e. The molecule has 3 rings (SSSR count). The van der Waals surface area contributed by atoms with E-state index in [1.54, 1.807) is 6.07 Å². The second kappa shape index (κ2) is 6.21. The lowest BCUT2D eigenvalue weighted by Crippen LogP contribution is -2.27. The Morgan fingerprint density at radius 3 is 3.04 bits per heavy atom. The maximum atomic E-state index is 13.6. The van der Waals surface area contributed by atoms with Crippen molar-refractivity contribution in [1.82, 2.24) is 15.6 Å². The molecule has 1 aliphatic rings. The number of hydrogen-bond donors (Lipinski definition) is 4. The average Bonchev–Trinajstić information content (AvgIpc) is 2.83. The molecule has 0 saturated heterocycles. The normalized spacial score (nSPS) is 16.1. The lowest BCUT2D eigenvalue weighted by atomic mass is 9.99.